The molecule has 0 spiro atoms. The molecule has 0 fully saturated rings. The summed E-state index contributed by atoms with van der Waals surface area (Å²) in [5.41, 5.74) is 0.585. The molecule has 0 radical (unpaired) electrons. The third kappa shape index (κ3) is 1.67. The first-order chi connectivity index (χ1) is 9.50. The van der Waals surface area contributed by atoms with E-state index in [9.17, 15) is 14.4 Å². The van der Waals surface area contributed by atoms with E-state index >= 15 is 0 Å². The number of benzene rings is 2. The first kappa shape index (κ1) is 12.6. The maximum Gasteiger partial charge on any atom is 0.323 e. The van der Waals surface area contributed by atoms with Crippen molar-refractivity contribution in [2.45, 2.75) is 0 Å². The maximum atomic E-state index is 12.3. The molecule has 2 amide bonds. The first-order valence-electron chi connectivity index (χ1n) is 5.80. The summed E-state index contributed by atoms with van der Waals surface area (Å²) >= 11 is 6.07. The van der Waals surface area contributed by atoms with Crippen LogP contribution in [0.15, 0.2) is 30.3 Å². The number of halogens is 1. The van der Waals surface area contributed by atoms with Crippen LogP contribution >= 0.6 is 11.6 Å². The molecular weight excluding hydrogens is 282 g/mol. The molecule has 0 aliphatic carbocycles. The molecule has 0 atom stereocenters. The van der Waals surface area contributed by atoms with Gasteiger partial charge in [-0.15, -0.1) is 0 Å². The third-order valence-electron chi connectivity index (χ3n) is 3.23. The molecule has 100 valence electrons. The fourth-order valence-electron chi connectivity index (χ4n) is 2.39. The lowest BCUT2D eigenvalue weighted by atomic mass is 9.94. The summed E-state index contributed by atoms with van der Waals surface area (Å²) < 4.78 is 0. The quantitative estimate of drug-likeness (QED) is 0.860. The van der Waals surface area contributed by atoms with Gasteiger partial charge < -0.3 is 5.11 Å². The Morgan fingerprint density at radius 1 is 1.10 bits per heavy atom. The van der Waals surface area contributed by atoms with Crippen molar-refractivity contribution in [3.8, 4) is 0 Å². The van der Waals surface area contributed by atoms with Crippen LogP contribution in [0.3, 0.4) is 0 Å². The Kier molecular flexibility index (Phi) is 2.72. The van der Waals surface area contributed by atoms with Crippen molar-refractivity contribution in [1.29, 1.82) is 0 Å². The van der Waals surface area contributed by atoms with E-state index in [1.165, 1.54) is 6.07 Å². The summed E-state index contributed by atoms with van der Waals surface area (Å²) in [5, 5.41) is 10.4. The van der Waals surface area contributed by atoms with Gasteiger partial charge in [0.15, 0.2) is 0 Å². The maximum absolute atomic E-state index is 12.3. The van der Waals surface area contributed by atoms with Crippen molar-refractivity contribution in [2.24, 2.45) is 0 Å². The Labute approximate surface area is 118 Å². The Morgan fingerprint density at radius 3 is 2.40 bits per heavy atom. The van der Waals surface area contributed by atoms with Crippen LogP contribution in [0.4, 0.5) is 0 Å². The molecule has 0 saturated carbocycles. The monoisotopic (exact) mass is 289 g/mol. The molecule has 0 unspecified atom stereocenters. The van der Waals surface area contributed by atoms with E-state index in [0.717, 1.165) is 4.90 Å². The van der Waals surface area contributed by atoms with Crippen molar-refractivity contribution < 1.29 is 19.5 Å². The van der Waals surface area contributed by atoms with Gasteiger partial charge in [-0.05, 0) is 18.2 Å². The van der Waals surface area contributed by atoms with Gasteiger partial charge in [0.25, 0.3) is 11.8 Å². The van der Waals surface area contributed by atoms with Crippen molar-refractivity contribution in [3.63, 3.8) is 0 Å². The van der Waals surface area contributed by atoms with E-state index in [1.54, 1.807) is 24.3 Å². The lowest BCUT2D eigenvalue weighted by molar-refractivity contribution is -0.137. The standard InChI is InChI=1S/C14H8ClNO4/c15-10-5-4-9-12-7(10)2-1-3-8(12)13(19)16(14(9)20)6-11(17)18/h1-5H,6H2,(H,17,18). The fraction of sp³-hybridized carbons (Fsp3) is 0.0714. The zero-order chi connectivity index (χ0) is 14.4. The molecule has 0 bridgehead atoms. The van der Waals surface area contributed by atoms with Crippen molar-refractivity contribution >= 4 is 40.2 Å². The topological polar surface area (TPSA) is 74.7 Å². The highest BCUT2D eigenvalue weighted by Crippen LogP contribution is 2.33. The van der Waals surface area contributed by atoms with E-state index in [2.05, 4.69) is 0 Å². The number of nitrogens with zero attached hydrogens (tertiary/aromatic N) is 1. The summed E-state index contributed by atoms with van der Waals surface area (Å²) in [6.45, 7) is -0.657. The molecule has 1 heterocycles. The molecule has 20 heavy (non-hydrogen) atoms. The number of carboxylic acids is 1. The molecule has 1 N–H and O–H groups in total. The molecule has 5 nitrogen and oxygen atoms in total. The van der Waals surface area contributed by atoms with E-state index in [4.69, 9.17) is 16.7 Å². The molecule has 0 saturated heterocycles. The number of carboxylic acid groups (broad SMARTS) is 1. The van der Waals surface area contributed by atoms with Crippen LogP contribution in [-0.2, 0) is 4.79 Å². The van der Waals surface area contributed by atoms with Gasteiger partial charge in [-0.2, -0.15) is 0 Å². The van der Waals surface area contributed by atoms with E-state index in [-0.39, 0.29) is 0 Å². The van der Waals surface area contributed by atoms with Crippen LogP contribution in [0, 0.1) is 0 Å². The number of carbonyl (C=O) groups excluding carboxylic acids is 2. The van der Waals surface area contributed by atoms with Gasteiger partial charge in [-0.25, -0.2) is 0 Å². The summed E-state index contributed by atoms with van der Waals surface area (Å²) in [7, 11) is 0. The molecule has 6 heteroatoms. The summed E-state index contributed by atoms with van der Waals surface area (Å²) in [6.07, 6.45) is 0. The number of hydrogen-bond acceptors (Lipinski definition) is 3. The van der Waals surface area contributed by atoms with E-state index in [1.807, 2.05) is 0 Å². The van der Waals surface area contributed by atoms with Gasteiger partial charge in [0.1, 0.15) is 6.54 Å². The molecule has 0 aromatic heterocycles. The summed E-state index contributed by atoms with van der Waals surface area (Å²) in [6, 6.07) is 8.01. The Morgan fingerprint density at radius 2 is 1.75 bits per heavy atom. The van der Waals surface area contributed by atoms with Crippen LogP contribution in [0.5, 0.6) is 0 Å². The van der Waals surface area contributed by atoms with Gasteiger partial charge >= 0.3 is 5.97 Å². The van der Waals surface area contributed by atoms with Gasteiger partial charge in [-0.1, -0.05) is 23.7 Å². The second kappa shape index (κ2) is 4.31. The van der Waals surface area contributed by atoms with Gasteiger partial charge in [0.2, 0.25) is 0 Å². The van der Waals surface area contributed by atoms with Gasteiger partial charge in [0.05, 0.1) is 0 Å². The minimum absolute atomic E-state index is 0.292. The summed E-state index contributed by atoms with van der Waals surface area (Å²) in [4.78, 5) is 36.0. The molecular formula is C14H8ClNO4. The highest BCUT2D eigenvalue weighted by Gasteiger charge is 2.34. The highest BCUT2D eigenvalue weighted by molar-refractivity contribution is 6.38. The Hall–Kier alpha value is -2.40. The molecule has 1 aliphatic heterocycles. The molecule has 2 aromatic carbocycles. The third-order valence-corrected chi connectivity index (χ3v) is 3.56. The van der Waals surface area contributed by atoms with Crippen LogP contribution < -0.4 is 0 Å². The van der Waals surface area contributed by atoms with Crippen molar-refractivity contribution in [1.82, 2.24) is 4.90 Å². The van der Waals surface area contributed by atoms with Gasteiger partial charge in [-0.3, -0.25) is 19.3 Å². The van der Waals surface area contributed by atoms with Crippen LogP contribution in [0.25, 0.3) is 10.8 Å². The fourth-order valence-corrected chi connectivity index (χ4v) is 2.61. The lowest BCUT2D eigenvalue weighted by Gasteiger charge is -2.26. The number of carbonyl (C=O) groups is 3. The number of hydrogen-bond donors (Lipinski definition) is 1. The van der Waals surface area contributed by atoms with Crippen molar-refractivity contribution in [3.05, 3.63) is 46.5 Å². The second-order valence-electron chi connectivity index (χ2n) is 4.41. The predicted octanol–water partition coefficient (Wildman–Crippen LogP) is 2.17. The van der Waals surface area contributed by atoms with Crippen LogP contribution in [0.2, 0.25) is 5.02 Å². The van der Waals surface area contributed by atoms with Gasteiger partial charge in [0, 0.05) is 26.9 Å². The minimum Gasteiger partial charge on any atom is -0.480 e. The minimum atomic E-state index is -1.24. The van der Waals surface area contributed by atoms with E-state index < -0.39 is 24.3 Å². The zero-order valence-corrected chi connectivity index (χ0v) is 10.8. The first-order valence-corrected chi connectivity index (χ1v) is 6.17. The van der Waals surface area contributed by atoms with Crippen LogP contribution in [0.1, 0.15) is 20.7 Å². The average Bonchev–Trinajstić information content (AvgIpc) is 2.42. The van der Waals surface area contributed by atoms with Crippen LogP contribution in [-0.4, -0.2) is 34.3 Å². The number of amides is 2. The normalized spacial score (nSPS) is 13.9. The Balaban J connectivity index is 2.31. The SMILES string of the molecule is O=C(O)CN1C(=O)c2cccc3c(Cl)ccc(c23)C1=O. The number of aliphatic carboxylic acids is 1. The second-order valence-corrected chi connectivity index (χ2v) is 4.82. The number of rotatable bonds is 2. The molecule has 3 rings (SSSR count). The predicted molar refractivity (Wildman–Crippen MR) is 72.0 cm³/mol. The molecule has 1 aliphatic rings. The smallest absolute Gasteiger partial charge is 0.323 e. The highest BCUT2D eigenvalue weighted by atomic mass is 35.5. The van der Waals surface area contributed by atoms with Crippen molar-refractivity contribution in [2.75, 3.05) is 6.54 Å². The average molecular weight is 290 g/mol. The van der Waals surface area contributed by atoms with E-state index in [0.29, 0.717) is 26.9 Å². The zero-order valence-electron chi connectivity index (χ0n) is 10.1. The largest absolute Gasteiger partial charge is 0.480 e. The Bertz CT molecular complexity index is 762. The number of imide groups is 1. The lowest BCUT2D eigenvalue weighted by Crippen LogP contribution is -2.43. The summed E-state index contributed by atoms with van der Waals surface area (Å²) in [5.74, 6) is -2.47. The molecule has 2 aromatic rings.